The maximum atomic E-state index is 13.3. The van der Waals surface area contributed by atoms with Gasteiger partial charge in [0.15, 0.2) is 6.10 Å². The van der Waals surface area contributed by atoms with E-state index in [4.69, 9.17) is 37.8 Å². The number of carbonyl (C=O) groups is 2. The van der Waals surface area contributed by atoms with E-state index in [9.17, 15) is 31.2 Å². The van der Waals surface area contributed by atoms with Crippen LogP contribution in [-0.4, -0.2) is 52.7 Å². The molecule has 2 aromatic rings. The molecule has 196 valence electrons. The quantitative estimate of drug-likeness (QED) is 0.508. The van der Waals surface area contributed by atoms with Crippen LogP contribution in [0, 0.1) is 0 Å². The van der Waals surface area contributed by atoms with Gasteiger partial charge in [-0.2, -0.15) is 13.2 Å². The zero-order chi connectivity index (χ0) is 26.8. The van der Waals surface area contributed by atoms with Crippen molar-refractivity contribution in [2.45, 2.75) is 24.1 Å². The van der Waals surface area contributed by atoms with Crippen molar-refractivity contribution >= 4 is 56.5 Å². The van der Waals surface area contributed by atoms with E-state index in [1.54, 1.807) is 4.90 Å². The Kier molecular flexibility index (Phi) is 8.41. The van der Waals surface area contributed by atoms with Crippen LogP contribution in [0.5, 0.6) is 0 Å². The summed E-state index contributed by atoms with van der Waals surface area (Å²) in [5.41, 5.74) is -1.22. The molecule has 0 saturated carbocycles. The number of nitrogens with two attached hydrogens (primary N) is 1. The number of amides is 1. The molecule has 0 spiro atoms. The lowest BCUT2D eigenvalue weighted by Gasteiger charge is -2.31. The van der Waals surface area contributed by atoms with Crippen LogP contribution < -0.4 is 15.4 Å². The Morgan fingerprint density at radius 1 is 1.14 bits per heavy atom. The van der Waals surface area contributed by atoms with Gasteiger partial charge in [0.1, 0.15) is 4.90 Å². The monoisotopic (exact) mass is 569 g/mol. The van der Waals surface area contributed by atoms with Gasteiger partial charge < -0.3 is 19.7 Å². The van der Waals surface area contributed by atoms with Crippen LogP contribution in [0.15, 0.2) is 35.2 Å². The Hall–Kier alpha value is -2.58. The van der Waals surface area contributed by atoms with Crippen LogP contribution in [0.3, 0.4) is 0 Å². The summed E-state index contributed by atoms with van der Waals surface area (Å²) in [6, 6.07) is 4.70. The van der Waals surface area contributed by atoms with Crippen molar-refractivity contribution in [3.63, 3.8) is 0 Å². The van der Waals surface area contributed by atoms with Crippen molar-refractivity contribution in [2.75, 3.05) is 36.5 Å². The van der Waals surface area contributed by atoms with E-state index in [0.717, 1.165) is 24.3 Å². The first-order valence-corrected chi connectivity index (χ1v) is 12.6. The number of esters is 1. The topological polar surface area (TPSA) is 128 Å². The summed E-state index contributed by atoms with van der Waals surface area (Å²) < 4.78 is 73.6. The molecular formula is C21H20Cl2F3N3O6S. The standard InChI is InChI=1S/C21H20Cl2F3N3O6S/c1-11(35-20(31)13-9-18(36(27,32)33)15(23)10-14(13)22)19(30)28-16-8-12(21(24,25)26)2-3-17(16)29-4-6-34-7-5-29/h2-3,8-11H,4-7H2,1H3,(H,28,30)(H2,27,32,33)/t11-/m0/s1. The molecule has 0 bridgehead atoms. The third kappa shape index (κ3) is 6.59. The average Bonchev–Trinajstić information content (AvgIpc) is 2.78. The molecule has 36 heavy (non-hydrogen) atoms. The minimum Gasteiger partial charge on any atom is -0.449 e. The van der Waals surface area contributed by atoms with Gasteiger partial charge >= 0.3 is 12.1 Å². The van der Waals surface area contributed by atoms with Crippen molar-refractivity contribution in [1.82, 2.24) is 0 Å². The van der Waals surface area contributed by atoms with Crippen molar-refractivity contribution in [2.24, 2.45) is 5.14 Å². The Morgan fingerprint density at radius 3 is 2.36 bits per heavy atom. The first-order valence-electron chi connectivity index (χ1n) is 10.3. The fourth-order valence-corrected chi connectivity index (χ4v) is 4.70. The van der Waals surface area contributed by atoms with Gasteiger partial charge in [0, 0.05) is 13.1 Å². The van der Waals surface area contributed by atoms with Gasteiger partial charge in [-0.05, 0) is 37.3 Å². The average molecular weight is 570 g/mol. The molecule has 1 atom stereocenters. The molecule has 3 rings (SSSR count). The number of primary sulfonamides is 1. The molecule has 1 aliphatic heterocycles. The SMILES string of the molecule is C[C@H](OC(=O)c1cc(S(N)(=O)=O)c(Cl)cc1Cl)C(=O)Nc1cc(C(F)(F)F)ccc1N1CCOCC1. The predicted molar refractivity (Wildman–Crippen MR) is 126 cm³/mol. The normalized spacial score (nSPS) is 15.4. The number of alkyl halides is 3. The molecule has 1 aliphatic rings. The predicted octanol–water partition coefficient (Wildman–Crippen LogP) is 3.68. The van der Waals surface area contributed by atoms with Gasteiger partial charge in [0.25, 0.3) is 5.91 Å². The summed E-state index contributed by atoms with van der Waals surface area (Å²) in [5.74, 6) is -2.12. The second kappa shape index (κ2) is 10.8. The Bertz CT molecular complexity index is 1280. The first kappa shape index (κ1) is 28.0. The highest BCUT2D eigenvalue weighted by Gasteiger charge is 2.32. The molecule has 0 unspecified atom stereocenters. The number of ether oxygens (including phenoxy) is 2. The molecule has 1 heterocycles. The van der Waals surface area contributed by atoms with Crippen molar-refractivity contribution < 1.29 is 40.7 Å². The molecule has 0 aliphatic carbocycles. The van der Waals surface area contributed by atoms with Crippen LogP contribution >= 0.6 is 23.2 Å². The van der Waals surface area contributed by atoms with Crippen molar-refractivity contribution in [3.8, 4) is 0 Å². The number of hydrogen-bond donors (Lipinski definition) is 2. The summed E-state index contributed by atoms with van der Waals surface area (Å²) in [5, 5.41) is 6.84. The Balaban J connectivity index is 1.84. The largest absolute Gasteiger partial charge is 0.449 e. The Morgan fingerprint density at radius 2 is 1.78 bits per heavy atom. The number of hydrogen-bond acceptors (Lipinski definition) is 7. The van der Waals surface area contributed by atoms with Gasteiger partial charge in [0.05, 0.1) is 45.8 Å². The van der Waals surface area contributed by atoms with E-state index < -0.39 is 50.2 Å². The van der Waals surface area contributed by atoms with Gasteiger partial charge in [-0.3, -0.25) is 4.79 Å². The van der Waals surface area contributed by atoms with E-state index >= 15 is 0 Å². The minimum absolute atomic E-state index is 0.138. The fraction of sp³-hybridized carbons (Fsp3) is 0.333. The van der Waals surface area contributed by atoms with Crippen LogP contribution in [0.4, 0.5) is 24.5 Å². The van der Waals surface area contributed by atoms with Gasteiger partial charge in [-0.25, -0.2) is 18.4 Å². The highest BCUT2D eigenvalue weighted by Crippen LogP contribution is 2.36. The van der Waals surface area contributed by atoms with Gasteiger partial charge in [-0.1, -0.05) is 23.2 Å². The lowest BCUT2D eigenvalue weighted by Crippen LogP contribution is -2.37. The molecule has 15 heteroatoms. The smallest absolute Gasteiger partial charge is 0.416 e. The van der Waals surface area contributed by atoms with Crippen LogP contribution in [0.25, 0.3) is 0 Å². The molecule has 9 nitrogen and oxygen atoms in total. The zero-order valence-electron chi connectivity index (χ0n) is 18.6. The van der Waals surface area contributed by atoms with E-state index in [1.165, 1.54) is 13.0 Å². The lowest BCUT2D eigenvalue weighted by atomic mass is 10.1. The van der Waals surface area contributed by atoms with Crippen molar-refractivity contribution in [3.05, 3.63) is 51.5 Å². The van der Waals surface area contributed by atoms with Crippen molar-refractivity contribution in [1.29, 1.82) is 0 Å². The van der Waals surface area contributed by atoms with Crippen LogP contribution in [0.2, 0.25) is 10.0 Å². The molecular weight excluding hydrogens is 550 g/mol. The number of morpholine rings is 1. The number of sulfonamides is 1. The Labute approximate surface area is 214 Å². The molecule has 3 N–H and O–H groups in total. The molecule has 1 fully saturated rings. The number of halogens is 5. The second-order valence-electron chi connectivity index (χ2n) is 7.67. The summed E-state index contributed by atoms with van der Waals surface area (Å²) in [6.45, 7) is 2.66. The van der Waals surface area contributed by atoms with E-state index in [1.807, 2.05) is 0 Å². The maximum Gasteiger partial charge on any atom is 0.416 e. The van der Waals surface area contributed by atoms with Crippen LogP contribution in [0.1, 0.15) is 22.8 Å². The zero-order valence-corrected chi connectivity index (χ0v) is 20.9. The van der Waals surface area contributed by atoms with Crippen LogP contribution in [-0.2, 0) is 30.5 Å². The molecule has 0 aromatic heterocycles. The number of nitrogens with zero attached hydrogens (tertiary/aromatic N) is 1. The third-order valence-corrected chi connectivity index (χ3v) is 6.82. The summed E-state index contributed by atoms with van der Waals surface area (Å²) in [6.07, 6.45) is -6.16. The number of nitrogens with one attached hydrogen (secondary N) is 1. The third-order valence-electron chi connectivity index (χ3n) is 5.13. The highest BCUT2D eigenvalue weighted by molar-refractivity contribution is 7.89. The van der Waals surface area contributed by atoms with E-state index in [-0.39, 0.29) is 15.7 Å². The summed E-state index contributed by atoms with van der Waals surface area (Å²) in [7, 11) is -4.31. The lowest BCUT2D eigenvalue weighted by molar-refractivity contribution is -0.137. The summed E-state index contributed by atoms with van der Waals surface area (Å²) >= 11 is 11.8. The molecule has 0 radical (unpaired) electrons. The first-order chi connectivity index (χ1) is 16.7. The number of rotatable bonds is 6. The highest BCUT2D eigenvalue weighted by atomic mass is 35.5. The van der Waals surface area contributed by atoms with E-state index in [2.05, 4.69) is 5.32 Å². The molecule has 1 amide bonds. The maximum absolute atomic E-state index is 13.3. The molecule has 1 saturated heterocycles. The second-order valence-corrected chi connectivity index (χ2v) is 10.0. The minimum atomic E-state index is -4.66. The fourth-order valence-electron chi connectivity index (χ4n) is 3.31. The van der Waals surface area contributed by atoms with E-state index in [0.29, 0.717) is 32.0 Å². The summed E-state index contributed by atoms with van der Waals surface area (Å²) in [4.78, 5) is 26.5. The number of carbonyl (C=O) groups excluding carboxylic acids is 2. The molecule has 2 aromatic carbocycles. The van der Waals surface area contributed by atoms with Gasteiger partial charge in [-0.15, -0.1) is 0 Å². The van der Waals surface area contributed by atoms with Gasteiger partial charge in [0.2, 0.25) is 10.0 Å². The number of anilines is 2. The number of benzene rings is 2.